The van der Waals surface area contributed by atoms with Crippen LogP contribution in [0.4, 0.5) is 5.69 Å². The fraction of sp³-hybridized carbons (Fsp3) is 0.133. The minimum Gasteiger partial charge on any atom is -0.478 e. The highest BCUT2D eigenvalue weighted by molar-refractivity contribution is 6.33. The molecular weight excluding hydrogens is 292 g/mol. The van der Waals surface area contributed by atoms with Gasteiger partial charge < -0.3 is 10.4 Å². The number of pyridine rings is 1. The quantitative estimate of drug-likeness (QED) is 0.910. The van der Waals surface area contributed by atoms with Crippen molar-refractivity contribution in [3.63, 3.8) is 0 Å². The highest BCUT2D eigenvalue weighted by Crippen LogP contribution is 2.20. The third kappa shape index (κ3) is 3.79. The number of halogens is 1. The monoisotopic (exact) mass is 304 g/mol. The van der Waals surface area contributed by atoms with Gasteiger partial charge in [-0.15, -0.1) is 0 Å². The number of carboxylic acid groups (broad SMARTS) is 1. The van der Waals surface area contributed by atoms with Gasteiger partial charge in [-0.2, -0.15) is 0 Å². The van der Waals surface area contributed by atoms with E-state index in [9.17, 15) is 9.59 Å². The summed E-state index contributed by atoms with van der Waals surface area (Å²) in [7, 11) is 0. The molecule has 0 atom stereocenters. The number of nitrogens with one attached hydrogen (secondary N) is 1. The first-order chi connectivity index (χ1) is 9.97. The first-order valence-corrected chi connectivity index (χ1v) is 6.58. The second-order valence-corrected chi connectivity index (χ2v) is 4.90. The lowest BCUT2D eigenvalue weighted by Crippen LogP contribution is -2.16. The maximum atomic E-state index is 12.0. The second-order valence-electron chi connectivity index (χ2n) is 4.49. The Labute approximate surface area is 126 Å². The van der Waals surface area contributed by atoms with Crippen LogP contribution in [0.1, 0.15) is 21.6 Å². The molecule has 6 heteroatoms. The molecule has 2 N–H and O–H groups in total. The minimum atomic E-state index is -1.14. The molecule has 1 aromatic heterocycles. The van der Waals surface area contributed by atoms with Crippen molar-refractivity contribution in [1.29, 1.82) is 0 Å². The number of aryl methyl sites for hydroxylation is 1. The predicted molar refractivity (Wildman–Crippen MR) is 79.7 cm³/mol. The summed E-state index contributed by atoms with van der Waals surface area (Å²) in [5.74, 6) is -1.41. The maximum Gasteiger partial charge on any atom is 0.337 e. The zero-order valence-electron chi connectivity index (χ0n) is 11.3. The molecule has 0 fully saturated rings. The Bertz CT molecular complexity index is 701. The highest BCUT2D eigenvalue weighted by Gasteiger charge is 2.12. The number of hydrogen-bond acceptors (Lipinski definition) is 3. The average molecular weight is 305 g/mol. The van der Waals surface area contributed by atoms with Crippen LogP contribution >= 0.6 is 11.6 Å². The molecule has 0 aliphatic carbocycles. The van der Waals surface area contributed by atoms with Gasteiger partial charge in [0.05, 0.1) is 22.7 Å². The van der Waals surface area contributed by atoms with Crippen molar-refractivity contribution in [3.05, 3.63) is 58.4 Å². The fourth-order valence-corrected chi connectivity index (χ4v) is 2.03. The van der Waals surface area contributed by atoms with Crippen LogP contribution in [0.2, 0.25) is 5.02 Å². The van der Waals surface area contributed by atoms with Crippen molar-refractivity contribution in [2.45, 2.75) is 13.3 Å². The Balaban J connectivity index is 2.12. The molecule has 0 bridgehead atoms. The smallest absolute Gasteiger partial charge is 0.337 e. The summed E-state index contributed by atoms with van der Waals surface area (Å²) in [4.78, 5) is 27.1. The fourth-order valence-electron chi connectivity index (χ4n) is 1.83. The number of anilines is 1. The number of benzene rings is 1. The van der Waals surface area contributed by atoms with Crippen molar-refractivity contribution >= 4 is 29.2 Å². The lowest BCUT2D eigenvalue weighted by molar-refractivity contribution is -0.115. The van der Waals surface area contributed by atoms with Gasteiger partial charge in [-0.05, 0) is 36.8 Å². The van der Waals surface area contributed by atoms with Crippen molar-refractivity contribution < 1.29 is 14.7 Å². The summed E-state index contributed by atoms with van der Waals surface area (Å²) < 4.78 is 0. The van der Waals surface area contributed by atoms with E-state index in [-0.39, 0.29) is 22.9 Å². The molecule has 1 aromatic carbocycles. The number of amides is 1. The summed E-state index contributed by atoms with van der Waals surface area (Å²) in [6, 6.07) is 7.99. The zero-order valence-corrected chi connectivity index (χ0v) is 12.0. The summed E-state index contributed by atoms with van der Waals surface area (Å²) in [6.07, 6.45) is 1.75. The summed E-state index contributed by atoms with van der Waals surface area (Å²) in [5.41, 5.74) is 1.94. The van der Waals surface area contributed by atoms with Crippen molar-refractivity contribution in [2.75, 3.05) is 5.32 Å². The number of carboxylic acids is 1. The first-order valence-electron chi connectivity index (χ1n) is 6.20. The summed E-state index contributed by atoms with van der Waals surface area (Å²) in [6.45, 7) is 1.88. The summed E-state index contributed by atoms with van der Waals surface area (Å²) in [5, 5.41) is 11.8. The Morgan fingerprint density at radius 3 is 2.76 bits per heavy atom. The van der Waals surface area contributed by atoms with E-state index in [2.05, 4.69) is 10.3 Å². The molecule has 0 aliphatic heterocycles. The zero-order chi connectivity index (χ0) is 15.4. The molecule has 108 valence electrons. The Kier molecular flexibility index (Phi) is 4.55. The topological polar surface area (TPSA) is 79.3 Å². The molecule has 0 saturated carbocycles. The third-order valence-corrected chi connectivity index (χ3v) is 3.26. The van der Waals surface area contributed by atoms with Crippen molar-refractivity contribution in [2.24, 2.45) is 0 Å². The van der Waals surface area contributed by atoms with Gasteiger partial charge in [-0.1, -0.05) is 17.7 Å². The standard InChI is InChI=1S/C15H13ClN2O3/c1-9-3-2-6-17-13(9)8-14(19)18-10-4-5-12(16)11(7-10)15(20)21/h2-7H,8H2,1H3,(H,18,19)(H,20,21). The van der Waals surface area contributed by atoms with Gasteiger partial charge in [0.25, 0.3) is 0 Å². The normalized spacial score (nSPS) is 10.2. The molecule has 5 nitrogen and oxygen atoms in total. The van der Waals surface area contributed by atoms with E-state index in [0.29, 0.717) is 11.4 Å². The average Bonchev–Trinajstić information content (AvgIpc) is 2.43. The van der Waals surface area contributed by atoms with Crippen molar-refractivity contribution in [3.8, 4) is 0 Å². The summed E-state index contributed by atoms with van der Waals surface area (Å²) >= 11 is 5.77. The third-order valence-electron chi connectivity index (χ3n) is 2.93. The molecule has 0 unspecified atom stereocenters. The molecule has 21 heavy (non-hydrogen) atoms. The van der Waals surface area contributed by atoms with Crippen LogP contribution in [0.5, 0.6) is 0 Å². The molecule has 1 amide bonds. The Hall–Kier alpha value is -2.40. The number of aromatic nitrogens is 1. The lowest BCUT2D eigenvalue weighted by Gasteiger charge is -2.08. The van der Waals surface area contributed by atoms with Gasteiger partial charge in [0, 0.05) is 11.9 Å². The van der Waals surface area contributed by atoms with Crippen LogP contribution in [-0.4, -0.2) is 22.0 Å². The minimum absolute atomic E-state index is 0.0523. The number of hydrogen-bond donors (Lipinski definition) is 2. The molecule has 0 saturated heterocycles. The van der Waals surface area contributed by atoms with Crippen LogP contribution in [0.15, 0.2) is 36.5 Å². The maximum absolute atomic E-state index is 12.0. The van der Waals surface area contributed by atoms with Gasteiger partial charge >= 0.3 is 5.97 Å². The first kappa shape index (κ1) is 15.0. The molecule has 2 aromatic rings. The molecule has 2 rings (SSSR count). The number of carbonyl (C=O) groups is 2. The number of rotatable bonds is 4. The van der Waals surface area contributed by atoms with Gasteiger partial charge in [0.2, 0.25) is 5.91 Å². The molecular formula is C15H13ClN2O3. The van der Waals surface area contributed by atoms with E-state index in [4.69, 9.17) is 16.7 Å². The van der Waals surface area contributed by atoms with E-state index >= 15 is 0 Å². The Morgan fingerprint density at radius 1 is 1.33 bits per heavy atom. The highest BCUT2D eigenvalue weighted by atomic mass is 35.5. The second kappa shape index (κ2) is 6.37. The van der Waals surface area contributed by atoms with Crippen LogP contribution in [0, 0.1) is 6.92 Å². The largest absolute Gasteiger partial charge is 0.478 e. The van der Waals surface area contributed by atoms with Crippen molar-refractivity contribution in [1.82, 2.24) is 4.98 Å². The number of carbonyl (C=O) groups excluding carboxylic acids is 1. The van der Waals surface area contributed by atoms with Crippen LogP contribution in [0.3, 0.4) is 0 Å². The van der Waals surface area contributed by atoms with E-state index in [1.807, 2.05) is 13.0 Å². The van der Waals surface area contributed by atoms with E-state index in [0.717, 1.165) is 5.56 Å². The molecule has 0 aliphatic rings. The molecule has 0 radical (unpaired) electrons. The van der Waals surface area contributed by atoms with E-state index in [1.165, 1.54) is 12.1 Å². The van der Waals surface area contributed by atoms with Crippen LogP contribution in [-0.2, 0) is 11.2 Å². The van der Waals surface area contributed by atoms with Gasteiger partial charge in [0.15, 0.2) is 0 Å². The van der Waals surface area contributed by atoms with Gasteiger partial charge in [-0.3, -0.25) is 9.78 Å². The van der Waals surface area contributed by atoms with Crippen LogP contribution in [0.25, 0.3) is 0 Å². The lowest BCUT2D eigenvalue weighted by atomic mass is 10.1. The van der Waals surface area contributed by atoms with Gasteiger partial charge in [-0.25, -0.2) is 4.79 Å². The van der Waals surface area contributed by atoms with Crippen LogP contribution < -0.4 is 5.32 Å². The van der Waals surface area contributed by atoms with E-state index in [1.54, 1.807) is 18.3 Å². The molecule has 0 spiro atoms. The Morgan fingerprint density at radius 2 is 2.10 bits per heavy atom. The number of aromatic carboxylic acids is 1. The molecule has 1 heterocycles. The van der Waals surface area contributed by atoms with Gasteiger partial charge in [0.1, 0.15) is 0 Å². The predicted octanol–water partition coefficient (Wildman–Crippen LogP) is 2.92. The SMILES string of the molecule is Cc1cccnc1CC(=O)Nc1ccc(Cl)c(C(=O)O)c1. The van der Waals surface area contributed by atoms with E-state index < -0.39 is 5.97 Å². The number of nitrogens with zero attached hydrogens (tertiary/aromatic N) is 1.